The van der Waals surface area contributed by atoms with E-state index in [0.717, 1.165) is 0 Å². The summed E-state index contributed by atoms with van der Waals surface area (Å²) in [5, 5.41) is 4.16. The van der Waals surface area contributed by atoms with Crippen LogP contribution < -0.4 is 10.6 Å². The van der Waals surface area contributed by atoms with Gasteiger partial charge in [0.25, 0.3) is 5.91 Å². The van der Waals surface area contributed by atoms with Crippen LogP contribution in [0.3, 0.4) is 0 Å². The number of nitrogens with zero attached hydrogens (tertiary/aromatic N) is 3. The third kappa shape index (κ3) is 3.53. The molecule has 3 rings (SSSR count). The zero-order valence-electron chi connectivity index (χ0n) is 12.3. The molecule has 8 heteroatoms. The lowest BCUT2D eigenvalue weighted by molar-refractivity contribution is 0.0273. The minimum Gasteiger partial charge on any atom is -0.373 e. The van der Waals surface area contributed by atoms with E-state index in [2.05, 4.69) is 21.0 Å². The first-order valence-corrected chi connectivity index (χ1v) is 7.96. The number of aromatic nitrogens is 2. The van der Waals surface area contributed by atoms with Crippen LogP contribution in [-0.2, 0) is 11.3 Å². The molecule has 1 amide bonds. The fourth-order valence-electron chi connectivity index (χ4n) is 2.72. The van der Waals surface area contributed by atoms with E-state index in [1.165, 1.54) is 6.07 Å². The number of anilines is 1. The quantitative estimate of drug-likeness (QED) is 0.874. The van der Waals surface area contributed by atoms with Crippen molar-refractivity contribution in [2.24, 2.45) is 5.73 Å². The molecule has 0 bridgehead atoms. The topological polar surface area (TPSA) is 73.4 Å². The van der Waals surface area contributed by atoms with Crippen LogP contribution in [0.4, 0.5) is 10.1 Å². The molecule has 2 N–H and O–H groups in total. The molecule has 0 radical (unpaired) electrons. The fraction of sp³-hybridized carbons (Fsp3) is 0.333. The number of hydrogen-bond donors (Lipinski definition) is 1. The molecule has 6 nitrogen and oxygen atoms in total. The second-order valence-corrected chi connectivity index (χ2v) is 6.23. The molecule has 1 aromatic carbocycles. The number of hydrogen-bond acceptors (Lipinski definition) is 4. The second-order valence-electron chi connectivity index (χ2n) is 5.31. The van der Waals surface area contributed by atoms with Gasteiger partial charge in [-0.2, -0.15) is 5.10 Å². The Bertz CT molecular complexity index is 708. The maximum atomic E-state index is 14.1. The number of primary amides is 1. The van der Waals surface area contributed by atoms with Crippen molar-refractivity contribution in [3.63, 3.8) is 0 Å². The first-order valence-electron chi connectivity index (χ1n) is 7.17. The highest BCUT2D eigenvalue weighted by atomic mass is 79.9. The van der Waals surface area contributed by atoms with Crippen molar-refractivity contribution in [1.82, 2.24) is 9.78 Å². The van der Waals surface area contributed by atoms with Crippen molar-refractivity contribution in [3.05, 3.63) is 46.4 Å². The predicted octanol–water partition coefficient (Wildman–Crippen LogP) is 1.79. The molecule has 23 heavy (non-hydrogen) atoms. The van der Waals surface area contributed by atoms with Gasteiger partial charge in [0.2, 0.25) is 0 Å². The van der Waals surface area contributed by atoms with Crippen LogP contribution in [0.2, 0.25) is 0 Å². The van der Waals surface area contributed by atoms with Crippen LogP contribution in [0.5, 0.6) is 0 Å². The lowest BCUT2D eigenvalue weighted by atomic mass is 10.1. The number of benzene rings is 1. The van der Waals surface area contributed by atoms with Gasteiger partial charge in [0.1, 0.15) is 5.82 Å². The first-order chi connectivity index (χ1) is 11.0. The van der Waals surface area contributed by atoms with Crippen LogP contribution in [0, 0.1) is 5.82 Å². The SMILES string of the molecule is NC(=O)c1c(F)cc(Br)cc1N1CCOC(Cn2cccn2)C1. The van der Waals surface area contributed by atoms with Gasteiger partial charge in [0, 0.05) is 30.0 Å². The Balaban J connectivity index is 1.85. The summed E-state index contributed by atoms with van der Waals surface area (Å²) in [5.41, 5.74) is 5.74. The number of carbonyl (C=O) groups excluding carboxylic acids is 1. The first kappa shape index (κ1) is 15.9. The zero-order chi connectivity index (χ0) is 16.4. The van der Waals surface area contributed by atoms with Crippen molar-refractivity contribution in [2.45, 2.75) is 12.6 Å². The monoisotopic (exact) mass is 382 g/mol. The van der Waals surface area contributed by atoms with E-state index in [1.54, 1.807) is 16.9 Å². The normalized spacial score (nSPS) is 18.2. The van der Waals surface area contributed by atoms with Crippen molar-refractivity contribution in [1.29, 1.82) is 0 Å². The molecule has 0 spiro atoms. The molecular formula is C15H16BrFN4O2. The summed E-state index contributed by atoms with van der Waals surface area (Å²) in [5.74, 6) is -1.41. The average Bonchev–Trinajstić information content (AvgIpc) is 2.99. The third-order valence-electron chi connectivity index (χ3n) is 3.71. The number of ether oxygens (including phenoxy) is 1. The molecule has 1 saturated heterocycles. The Kier molecular flexibility index (Phi) is 4.63. The van der Waals surface area contributed by atoms with Crippen molar-refractivity contribution < 1.29 is 13.9 Å². The summed E-state index contributed by atoms with van der Waals surface area (Å²) in [4.78, 5) is 13.6. The Morgan fingerprint density at radius 2 is 2.35 bits per heavy atom. The molecule has 0 saturated carbocycles. The maximum Gasteiger partial charge on any atom is 0.253 e. The lowest BCUT2D eigenvalue weighted by Gasteiger charge is -2.35. The van der Waals surface area contributed by atoms with E-state index in [1.807, 2.05) is 17.2 Å². The summed E-state index contributed by atoms with van der Waals surface area (Å²) in [6.07, 6.45) is 3.46. The molecular weight excluding hydrogens is 367 g/mol. The van der Waals surface area contributed by atoms with Gasteiger partial charge in [0.15, 0.2) is 0 Å². The summed E-state index contributed by atoms with van der Waals surface area (Å²) in [6.45, 7) is 2.16. The molecule has 1 unspecified atom stereocenters. The molecule has 122 valence electrons. The van der Waals surface area contributed by atoms with Crippen LogP contribution in [0.25, 0.3) is 0 Å². The van der Waals surface area contributed by atoms with Crippen LogP contribution in [0.15, 0.2) is 35.1 Å². The van der Waals surface area contributed by atoms with Gasteiger partial charge < -0.3 is 15.4 Å². The summed E-state index contributed by atoms with van der Waals surface area (Å²) < 4.78 is 22.2. The Morgan fingerprint density at radius 3 is 3.04 bits per heavy atom. The molecule has 0 aliphatic carbocycles. The van der Waals surface area contributed by atoms with Gasteiger partial charge in [-0.05, 0) is 18.2 Å². The van der Waals surface area contributed by atoms with Crippen LogP contribution >= 0.6 is 15.9 Å². The molecule has 1 aliphatic rings. The Labute approximate surface area is 141 Å². The Hall–Kier alpha value is -1.93. The number of carbonyl (C=O) groups is 1. The van der Waals surface area contributed by atoms with Gasteiger partial charge in [0.05, 0.1) is 30.5 Å². The van der Waals surface area contributed by atoms with Gasteiger partial charge in [-0.1, -0.05) is 15.9 Å². The van der Waals surface area contributed by atoms with E-state index >= 15 is 0 Å². The minimum absolute atomic E-state index is 0.0899. The van der Waals surface area contributed by atoms with Crippen molar-refractivity contribution in [3.8, 4) is 0 Å². The fourth-order valence-corrected chi connectivity index (χ4v) is 3.14. The number of rotatable bonds is 4. The summed E-state index contributed by atoms with van der Waals surface area (Å²) in [7, 11) is 0. The highest BCUT2D eigenvalue weighted by molar-refractivity contribution is 9.10. The lowest BCUT2D eigenvalue weighted by Crippen LogP contribution is -2.45. The number of nitrogens with two attached hydrogens (primary N) is 1. The molecule has 1 atom stereocenters. The average molecular weight is 383 g/mol. The highest BCUT2D eigenvalue weighted by Crippen LogP contribution is 2.29. The van der Waals surface area contributed by atoms with E-state index in [4.69, 9.17) is 10.5 Å². The maximum absolute atomic E-state index is 14.1. The van der Waals surface area contributed by atoms with E-state index < -0.39 is 11.7 Å². The Morgan fingerprint density at radius 1 is 1.52 bits per heavy atom. The van der Waals surface area contributed by atoms with Gasteiger partial charge in [-0.3, -0.25) is 9.48 Å². The van der Waals surface area contributed by atoms with Gasteiger partial charge in [-0.15, -0.1) is 0 Å². The molecule has 1 aromatic heterocycles. The smallest absolute Gasteiger partial charge is 0.253 e. The highest BCUT2D eigenvalue weighted by Gasteiger charge is 2.26. The van der Waals surface area contributed by atoms with Gasteiger partial charge in [-0.25, -0.2) is 4.39 Å². The molecule has 1 fully saturated rings. The summed E-state index contributed by atoms with van der Waals surface area (Å²) >= 11 is 3.26. The largest absolute Gasteiger partial charge is 0.373 e. The molecule has 2 heterocycles. The predicted molar refractivity (Wildman–Crippen MR) is 86.8 cm³/mol. The standard InChI is InChI=1S/C15H16BrFN4O2/c16-10-6-12(17)14(15(18)22)13(7-10)20-4-5-23-11(8-20)9-21-3-1-2-19-21/h1-3,6-7,11H,4-5,8-9H2,(H2,18,22). The van der Waals surface area contributed by atoms with E-state index in [0.29, 0.717) is 36.4 Å². The summed E-state index contributed by atoms with van der Waals surface area (Å²) in [6, 6.07) is 4.79. The zero-order valence-corrected chi connectivity index (χ0v) is 13.9. The number of amides is 1. The second kappa shape index (κ2) is 6.67. The van der Waals surface area contributed by atoms with Crippen LogP contribution in [-0.4, -0.2) is 41.5 Å². The number of halogens is 2. The van der Waals surface area contributed by atoms with E-state index in [-0.39, 0.29) is 11.7 Å². The minimum atomic E-state index is -0.778. The number of morpholine rings is 1. The van der Waals surface area contributed by atoms with Crippen molar-refractivity contribution in [2.75, 3.05) is 24.6 Å². The van der Waals surface area contributed by atoms with Crippen molar-refractivity contribution >= 4 is 27.5 Å². The third-order valence-corrected chi connectivity index (χ3v) is 4.17. The van der Waals surface area contributed by atoms with Gasteiger partial charge >= 0.3 is 0 Å². The molecule has 2 aromatic rings. The van der Waals surface area contributed by atoms with E-state index in [9.17, 15) is 9.18 Å². The van der Waals surface area contributed by atoms with Crippen LogP contribution in [0.1, 0.15) is 10.4 Å². The molecule has 1 aliphatic heterocycles.